The van der Waals surface area contributed by atoms with E-state index in [1.165, 1.54) is 19.3 Å². The Morgan fingerprint density at radius 3 is 1.91 bits per heavy atom. The molecule has 1 aliphatic rings. The molecule has 1 rings (SSSR count). The fourth-order valence-electron chi connectivity index (χ4n) is 1.35. The van der Waals surface area contributed by atoms with E-state index in [0.717, 1.165) is 10.7 Å². The van der Waals surface area contributed by atoms with Gasteiger partial charge in [-0.2, -0.15) is 0 Å². The molecule has 4 heteroatoms. The summed E-state index contributed by atoms with van der Waals surface area (Å²) in [7, 11) is 0. The molecule has 0 radical (unpaired) electrons. The summed E-state index contributed by atoms with van der Waals surface area (Å²) in [5, 5.41) is 5.75. The lowest BCUT2D eigenvalue weighted by Gasteiger charge is -2.28. The van der Waals surface area contributed by atoms with E-state index in [2.05, 4.69) is 37.2 Å². The first kappa shape index (κ1) is 12.4. The molecule has 1 heterocycles. The SMILES string of the molecule is Br.BrCC1CCCC(CBr)N1. The first-order valence-electron chi connectivity index (χ1n) is 3.74. The molecule has 0 bridgehead atoms. The molecule has 2 unspecified atom stereocenters. The van der Waals surface area contributed by atoms with Crippen LogP contribution in [0.1, 0.15) is 19.3 Å². The standard InChI is InChI=1S/C7H13Br2N.BrH/c8-4-6-2-1-3-7(5-9)10-6;/h6-7,10H,1-5H2;1H. The quantitative estimate of drug-likeness (QED) is 0.754. The van der Waals surface area contributed by atoms with E-state index in [-0.39, 0.29) is 17.0 Å². The zero-order valence-corrected chi connectivity index (χ0v) is 11.2. The summed E-state index contributed by atoms with van der Waals surface area (Å²) < 4.78 is 0. The molecule has 1 N–H and O–H groups in total. The molecule has 1 fully saturated rings. The predicted molar refractivity (Wildman–Crippen MR) is 62.5 cm³/mol. The van der Waals surface area contributed by atoms with Crippen LogP contribution in [-0.2, 0) is 0 Å². The molecule has 0 spiro atoms. The van der Waals surface area contributed by atoms with E-state index >= 15 is 0 Å². The van der Waals surface area contributed by atoms with Crippen LogP contribution in [0.25, 0.3) is 0 Å². The minimum Gasteiger partial charge on any atom is -0.310 e. The summed E-state index contributed by atoms with van der Waals surface area (Å²) in [6.07, 6.45) is 4.03. The van der Waals surface area contributed by atoms with Gasteiger partial charge in [-0.05, 0) is 12.8 Å². The van der Waals surface area contributed by atoms with Crippen LogP contribution < -0.4 is 5.32 Å². The second-order valence-electron chi connectivity index (χ2n) is 2.80. The summed E-state index contributed by atoms with van der Waals surface area (Å²) >= 11 is 6.98. The minimum absolute atomic E-state index is 0. The Balaban J connectivity index is 0.000001000. The second-order valence-corrected chi connectivity index (χ2v) is 4.09. The zero-order chi connectivity index (χ0) is 7.40. The fraction of sp³-hybridized carbons (Fsp3) is 1.00. The Kier molecular flexibility index (Phi) is 7.74. The van der Waals surface area contributed by atoms with E-state index in [4.69, 9.17) is 0 Å². The minimum atomic E-state index is 0. The number of nitrogens with one attached hydrogen (secondary N) is 1. The number of halogens is 3. The molecule has 0 aromatic carbocycles. The van der Waals surface area contributed by atoms with E-state index < -0.39 is 0 Å². The van der Waals surface area contributed by atoms with Crippen molar-refractivity contribution in [2.24, 2.45) is 0 Å². The summed E-state index contributed by atoms with van der Waals surface area (Å²) in [4.78, 5) is 0. The third-order valence-electron chi connectivity index (χ3n) is 1.95. The number of hydrogen-bond donors (Lipinski definition) is 1. The lowest BCUT2D eigenvalue weighted by atomic mass is 10.0. The molecular weight excluding hydrogens is 338 g/mol. The lowest BCUT2D eigenvalue weighted by molar-refractivity contribution is 0.362. The first-order chi connectivity index (χ1) is 4.86. The van der Waals surface area contributed by atoms with Gasteiger partial charge in [-0.1, -0.05) is 38.3 Å². The van der Waals surface area contributed by atoms with Crippen molar-refractivity contribution in [3.05, 3.63) is 0 Å². The molecule has 0 aromatic heterocycles. The van der Waals surface area contributed by atoms with E-state index in [9.17, 15) is 0 Å². The molecule has 2 atom stereocenters. The van der Waals surface area contributed by atoms with Gasteiger partial charge in [-0.15, -0.1) is 17.0 Å². The highest BCUT2D eigenvalue weighted by atomic mass is 79.9. The predicted octanol–water partition coefficient (Wildman–Crippen LogP) is 2.86. The van der Waals surface area contributed by atoms with Crippen molar-refractivity contribution in [3.63, 3.8) is 0 Å². The van der Waals surface area contributed by atoms with Gasteiger partial charge in [0.15, 0.2) is 0 Å². The van der Waals surface area contributed by atoms with Crippen molar-refractivity contribution < 1.29 is 0 Å². The van der Waals surface area contributed by atoms with Gasteiger partial charge in [-0.3, -0.25) is 0 Å². The average molecular weight is 352 g/mol. The Morgan fingerprint density at radius 2 is 1.55 bits per heavy atom. The summed E-state index contributed by atoms with van der Waals surface area (Å²) in [6, 6.07) is 1.41. The number of piperidine rings is 1. The molecular formula is C7H14Br3N. The lowest BCUT2D eigenvalue weighted by Crippen LogP contribution is -2.43. The summed E-state index contributed by atoms with van der Waals surface area (Å²) in [5.74, 6) is 0. The van der Waals surface area contributed by atoms with Crippen molar-refractivity contribution in [2.45, 2.75) is 31.3 Å². The topological polar surface area (TPSA) is 12.0 Å². The van der Waals surface area contributed by atoms with E-state index in [1.54, 1.807) is 0 Å². The van der Waals surface area contributed by atoms with Crippen LogP contribution in [0.5, 0.6) is 0 Å². The van der Waals surface area contributed by atoms with Crippen LogP contribution in [0.3, 0.4) is 0 Å². The highest BCUT2D eigenvalue weighted by Crippen LogP contribution is 2.15. The average Bonchev–Trinajstić information content (AvgIpc) is 2.05. The van der Waals surface area contributed by atoms with E-state index in [0.29, 0.717) is 12.1 Å². The van der Waals surface area contributed by atoms with Crippen LogP contribution >= 0.6 is 48.8 Å². The van der Waals surface area contributed by atoms with Gasteiger partial charge in [0.25, 0.3) is 0 Å². The van der Waals surface area contributed by atoms with Gasteiger partial charge in [-0.25, -0.2) is 0 Å². The molecule has 0 aromatic rings. The molecule has 0 amide bonds. The normalized spacial score (nSPS) is 31.1. The van der Waals surface area contributed by atoms with Crippen LogP contribution in [0.2, 0.25) is 0 Å². The second kappa shape index (κ2) is 6.87. The monoisotopic (exact) mass is 349 g/mol. The Bertz CT molecular complexity index is 89.7. The highest BCUT2D eigenvalue weighted by molar-refractivity contribution is 9.09. The zero-order valence-electron chi connectivity index (χ0n) is 6.35. The highest BCUT2D eigenvalue weighted by Gasteiger charge is 2.18. The van der Waals surface area contributed by atoms with Gasteiger partial charge in [0.2, 0.25) is 0 Å². The van der Waals surface area contributed by atoms with Crippen LogP contribution in [0.15, 0.2) is 0 Å². The van der Waals surface area contributed by atoms with Crippen LogP contribution in [0.4, 0.5) is 0 Å². The van der Waals surface area contributed by atoms with Gasteiger partial charge in [0.1, 0.15) is 0 Å². The molecule has 11 heavy (non-hydrogen) atoms. The first-order valence-corrected chi connectivity index (χ1v) is 5.99. The van der Waals surface area contributed by atoms with Gasteiger partial charge < -0.3 is 5.32 Å². The Hall–Kier alpha value is 1.40. The maximum atomic E-state index is 3.56. The molecule has 1 aliphatic heterocycles. The third-order valence-corrected chi connectivity index (χ3v) is 3.51. The smallest absolute Gasteiger partial charge is 0.0186 e. The van der Waals surface area contributed by atoms with Crippen molar-refractivity contribution >= 4 is 48.8 Å². The fourth-order valence-corrected chi connectivity index (χ4v) is 2.38. The Morgan fingerprint density at radius 1 is 1.09 bits per heavy atom. The van der Waals surface area contributed by atoms with Gasteiger partial charge >= 0.3 is 0 Å². The van der Waals surface area contributed by atoms with E-state index in [1.807, 2.05) is 0 Å². The molecule has 68 valence electrons. The van der Waals surface area contributed by atoms with Gasteiger partial charge in [0, 0.05) is 22.7 Å². The number of rotatable bonds is 2. The van der Waals surface area contributed by atoms with Crippen LogP contribution in [-0.4, -0.2) is 22.7 Å². The molecule has 0 saturated carbocycles. The summed E-state index contributed by atoms with van der Waals surface area (Å²) in [6.45, 7) is 0. The summed E-state index contributed by atoms with van der Waals surface area (Å²) in [5.41, 5.74) is 0. The van der Waals surface area contributed by atoms with Gasteiger partial charge in [0.05, 0.1) is 0 Å². The molecule has 1 saturated heterocycles. The molecule has 1 nitrogen and oxygen atoms in total. The van der Waals surface area contributed by atoms with Crippen molar-refractivity contribution in [1.29, 1.82) is 0 Å². The third kappa shape index (κ3) is 4.25. The molecule has 0 aliphatic carbocycles. The maximum Gasteiger partial charge on any atom is 0.0186 e. The van der Waals surface area contributed by atoms with Crippen molar-refractivity contribution in [1.82, 2.24) is 5.32 Å². The number of alkyl halides is 2. The Labute approximate surface area is 95.7 Å². The number of hydrogen-bond acceptors (Lipinski definition) is 1. The largest absolute Gasteiger partial charge is 0.310 e. The van der Waals surface area contributed by atoms with Crippen molar-refractivity contribution in [3.8, 4) is 0 Å². The van der Waals surface area contributed by atoms with Crippen molar-refractivity contribution in [2.75, 3.05) is 10.7 Å². The van der Waals surface area contributed by atoms with Crippen LogP contribution in [0, 0.1) is 0 Å². The maximum absolute atomic E-state index is 3.56.